The lowest BCUT2D eigenvalue weighted by Crippen LogP contribution is -2.42. The molecule has 32 heavy (non-hydrogen) atoms. The van der Waals surface area contributed by atoms with E-state index in [1.54, 1.807) is 12.1 Å². The molecule has 0 saturated carbocycles. The summed E-state index contributed by atoms with van der Waals surface area (Å²) in [4.78, 5) is 27.2. The largest absolute Gasteiger partial charge is 0.332 e. The lowest BCUT2D eigenvalue weighted by Gasteiger charge is -2.24. The monoisotopic (exact) mass is 430 g/mol. The molecule has 2 unspecified atom stereocenters. The summed E-state index contributed by atoms with van der Waals surface area (Å²) in [5, 5.41) is 8.98. The van der Waals surface area contributed by atoms with Crippen molar-refractivity contribution in [2.45, 2.75) is 19.0 Å². The molecule has 0 spiro atoms. The molecular formula is C26H30N4O2. The van der Waals surface area contributed by atoms with Crippen LogP contribution < -0.4 is 16.0 Å². The highest BCUT2D eigenvalue weighted by atomic mass is 16.2. The van der Waals surface area contributed by atoms with Gasteiger partial charge in [0, 0.05) is 17.8 Å². The van der Waals surface area contributed by atoms with E-state index in [1.807, 2.05) is 98.7 Å². The van der Waals surface area contributed by atoms with Gasteiger partial charge in [0.1, 0.15) is 0 Å². The molecule has 3 amide bonds. The Morgan fingerprint density at radius 2 is 1.44 bits per heavy atom. The Balaban J connectivity index is 1.63. The minimum absolute atomic E-state index is 0.130. The molecule has 3 aromatic carbocycles. The summed E-state index contributed by atoms with van der Waals surface area (Å²) in [6.07, 6.45) is 0. The average molecular weight is 431 g/mol. The number of likely N-dealkylation sites (N-methyl/N-ethyl adjacent to an activating group) is 1. The molecule has 2 atom stereocenters. The van der Waals surface area contributed by atoms with Gasteiger partial charge in [-0.3, -0.25) is 4.79 Å². The van der Waals surface area contributed by atoms with Crippen molar-refractivity contribution >= 4 is 17.6 Å². The quantitative estimate of drug-likeness (QED) is 0.489. The van der Waals surface area contributed by atoms with Crippen LogP contribution >= 0.6 is 0 Å². The number of nitrogens with one attached hydrogen (secondary N) is 3. The van der Waals surface area contributed by atoms with E-state index in [1.165, 1.54) is 0 Å². The Morgan fingerprint density at radius 1 is 0.812 bits per heavy atom. The third kappa shape index (κ3) is 6.68. The lowest BCUT2D eigenvalue weighted by molar-refractivity contribution is 0.102. The third-order valence-electron chi connectivity index (χ3n) is 5.08. The molecule has 0 heterocycles. The summed E-state index contributed by atoms with van der Waals surface area (Å²) in [5.74, 6) is -0.171. The van der Waals surface area contributed by atoms with E-state index in [9.17, 15) is 9.59 Å². The summed E-state index contributed by atoms with van der Waals surface area (Å²) in [6.45, 7) is 2.61. The van der Waals surface area contributed by atoms with E-state index >= 15 is 0 Å². The number of amides is 3. The zero-order chi connectivity index (χ0) is 22.9. The number of nitrogens with zero attached hydrogens (tertiary/aromatic N) is 1. The minimum Gasteiger partial charge on any atom is -0.332 e. The van der Waals surface area contributed by atoms with Crippen molar-refractivity contribution in [2.24, 2.45) is 0 Å². The van der Waals surface area contributed by atoms with Crippen molar-refractivity contribution in [2.75, 3.05) is 26.0 Å². The number of benzene rings is 3. The summed E-state index contributed by atoms with van der Waals surface area (Å²) in [6, 6.07) is 25.9. The fourth-order valence-corrected chi connectivity index (χ4v) is 3.44. The van der Waals surface area contributed by atoms with Gasteiger partial charge in [-0.05, 0) is 56.4 Å². The first-order valence-electron chi connectivity index (χ1n) is 10.7. The van der Waals surface area contributed by atoms with Crippen LogP contribution in [0, 0.1) is 0 Å². The van der Waals surface area contributed by atoms with Gasteiger partial charge in [-0.25, -0.2) is 4.79 Å². The second-order valence-corrected chi connectivity index (χ2v) is 8.01. The average Bonchev–Trinajstić information content (AvgIpc) is 2.79. The zero-order valence-electron chi connectivity index (χ0n) is 18.7. The molecule has 3 rings (SSSR count). The highest BCUT2D eigenvalue weighted by Gasteiger charge is 2.17. The second-order valence-electron chi connectivity index (χ2n) is 8.01. The number of carbonyl (C=O) groups excluding carboxylic acids is 2. The number of hydrogen-bond acceptors (Lipinski definition) is 3. The predicted molar refractivity (Wildman–Crippen MR) is 129 cm³/mol. The first-order valence-corrected chi connectivity index (χ1v) is 10.7. The first kappa shape index (κ1) is 23.0. The van der Waals surface area contributed by atoms with Crippen LogP contribution in [-0.2, 0) is 0 Å². The molecule has 0 fully saturated rings. The highest BCUT2D eigenvalue weighted by molar-refractivity contribution is 6.04. The first-order chi connectivity index (χ1) is 15.4. The number of rotatable bonds is 8. The van der Waals surface area contributed by atoms with Gasteiger partial charge >= 0.3 is 6.03 Å². The number of hydrogen-bond donors (Lipinski definition) is 3. The van der Waals surface area contributed by atoms with Crippen molar-refractivity contribution in [3.05, 3.63) is 102 Å². The lowest BCUT2D eigenvalue weighted by atomic mass is 10.1. The topological polar surface area (TPSA) is 73.5 Å². The van der Waals surface area contributed by atoms with Gasteiger partial charge in [0.05, 0.1) is 12.1 Å². The van der Waals surface area contributed by atoms with Crippen molar-refractivity contribution < 1.29 is 9.59 Å². The van der Waals surface area contributed by atoms with E-state index in [-0.39, 0.29) is 24.0 Å². The number of urea groups is 1. The maximum atomic E-state index is 12.7. The molecule has 0 saturated heterocycles. The fraction of sp³-hybridized carbons (Fsp3) is 0.231. The van der Waals surface area contributed by atoms with Crippen molar-refractivity contribution in [1.29, 1.82) is 0 Å². The Labute approximate surface area is 189 Å². The Bertz CT molecular complexity index is 1020. The molecule has 6 nitrogen and oxygen atoms in total. The maximum Gasteiger partial charge on any atom is 0.315 e. The van der Waals surface area contributed by atoms with Gasteiger partial charge in [-0.2, -0.15) is 0 Å². The molecule has 0 aliphatic rings. The van der Waals surface area contributed by atoms with Crippen LogP contribution in [-0.4, -0.2) is 37.5 Å². The van der Waals surface area contributed by atoms with E-state index in [2.05, 4.69) is 16.0 Å². The van der Waals surface area contributed by atoms with Gasteiger partial charge in [-0.1, -0.05) is 60.7 Å². The second kappa shape index (κ2) is 11.1. The van der Waals surface area contributed by atoms with Gasteiger partial charge in [0.25, 0.3) is 5.91 Å². The van der Waals surface area contributed by atoms with Crippen LogP contribution in [0.25, 0.3) is 0 Å². The summed E-state index contributed by atoms with van der Waals surface area (Å²) in [7, 11) is 3.96. The molecule has 3 aromatic rings. The van der Waals surface area contributed by atoms with Crippen LogP contribution in [0.5, 0.6) is 0 Å². The summed E-state index contributed by atoms with van der Waals surface area (Å²) in [5.41, 5.74) is 3.22. The zero-order valence-corrected chi connectivity index (χ0v) is 18.7. The fourth-order valence-electron chi connectivity index (χ4n) is 3.44. The predicted octanol–water partition coefficient (Wildman–Crippen LogP) is 4.60. The van der Waals surface area contributed by atoms with Gasteiger partial charge < -0.3 is 20.9 Å². The molecule has 0 bridgehead atoms. The maximum absolute atomic E-state index is 12.7. The van der Waals surface area contributed by atoms with E-state index < -0.39 is 0 Å². The normalized spacial score (nSPS) is 12.6. The Hall–Kier alpha value is -3.64. The third-order valence-corrected chi connectivity index (χ3v) is 5.08. The Morgan fingerprint density at radius 3 is 2.09 bits per heavy atom. The van der Waals surface area contributed by atoms with E-state index in [4.69, 9.17) is 0 Å². The van der Waals surface area contributed by atoms with Gasteiger partial charge in [0.2, 0.25) is 0 Å². The highest BCUT2D eigenvalue weighted by Crippen LogP contribution is 2.19. The van der Waals surface area contributed by atoms with Gasteiger partial charge in [0.15, 0.2) is 0 Å². The number of carbonyl (C=O) groups is 2. The van der Waals surface area contributed by atoms with Crippen LogP contribution in [0.15, 0.2) is 84.9 Å². The van der Waals surface area contributed by atoms with E-state index in [0.717, 1.165) is 11.1 Å². The van der Waals surface area contributed by atoms with Crippen LogP contribution in [0.1, 0.15) is 40.5 Å². The van der Waals surface area contributed by atoms with Crippen molar-refractivity contribution in [3.8, 4) is 0 Å². The standard InChI is InChI=1S/C26H30N4O2/c1-19(27-26(32)29-24(18-30(2)3)20-11-6-4-7-12-20)22-15-10-16-23(17-22)28-25(31)21-13-8-5-9-14-21/h4-17,19,24H,18H2,1-3H3,(H,28,31)(H2,27,29,32). The molecular weight excluding hydrogens is 400 g/mol. The SMILES string of the molecule is CC(NC(=O)NC(CN(C)C)c1ccccc1)c1cccc(NC(=O)c2ccccc2)c1. The summed E-state index contributed by atoms with van der Waals surface area (Å²) < 4.78 is 0. The molecule has 0 aliphatic heterocycles. The van der Waals surface area contributed by atoms with Crippen molar-refractivity contribution in [3.63, 3.8) is 0 Å². The number of anilines is 1. The molecule has 6 heteroatoms. The van der Waals surface area contributed by atoms with Crippen molar-refractivity contribution in [1.82, 2.24) is 15.5 Å². The summed E-state index contributed by atoms with van der Waals surface area (Å²) >= 11 is 0. The van der Waals surface area contributed by atoms with Crippen LogP contribution in [0.2, 0.25) is 0 Å². The van der Waals surface area contributed by atoms with E-state index in [0.29, 0.717) is 17.8 Å². The molecule has 166 valence electrons. The molecule has 3 N–H and O–H groups in total. The van der Waals surface area contributed by atoms with Gasteiger partial charge in [-0.15, -0.1) is 0 Å². The molecule has 0 aliphatic carbocycles. The minimum atomic E-state index is -0.244. The molecule has 0 radical (unpaired) electrons. The van der Waals surface area contributed by atoms with Crippen LogP contribution in [0.4, 0.5) is 10.5 Å². The van der Waals surface area contributed by atoms with Crippen LogP contribution in [0.3, 0.4) is 0 Å². The molecule has 0 aromatic heterocycles. The Kier molecular flexibility index (Phi) is 8.00. The smallest absolute Gasteiger partial charge is 0.315 e.